The van der Waals surface area contributed by atoms with Crippen LogP contribution < -0.4 is 10.1 Å². The van der Waals surface area contributed by atoms with Crippen LogP contribution in [0.15, 0.2) is 53.1 Å². The molecule has 0 spiro atoms. The number of hydrogen-bond acceptors (Lipinski definition) is 7. The lowest BCUT2D eigenvalue weighted by Crippen LogP contribution is -2.11. The molecule has 0 saturated heterocycles. The van der Waals surface area contributed by atoms with Crippen LogP contribution >= 0.6 is 23.1 Å². The number of rotatable bonds is 7. The van der Waals surface area contributed by atoms with Crippen LogP contribution in [0.5, 0.6) is 5.75 Å². The van der Waals surface area contributed by atoms with E-state index in [1.54, 1.807) is 30.0 Å². The zero-order valence-corrected chi connectivity index (χ0v) is 17.6. The minimum Gasteiger partial charge on any atom is -0.487 e. The van der Waals surface area contributed by atoms with Crippen LogP contribution in [0.1, 0.15) is 28.5 Å². The molecule has 0 unspecified atom stereocenters. The molecule has 1 amide bonds. The Morgan fingerprint density at radius 2 is 2.14 bits per heavy atom. The molecule has 9 heteroatoms. The van der Waals surface area contributed by atoms with Crippen molar-refractivity contribution in [2.45, 2.75) is 24.8 Å². The van der Waals surface area contributed by atoms with Crippen molar-refractivity contribution in [3.63, 3.8) is 0 Å². The maximum absolute atomic E-state index is 12.5. The molecule has 0 atom stereocenters. The largest absolute Gasteiger partial charge is 0.487 e. The fourth-order valence-electron chi connectivity index (χ4n) is 2.72. The lowest BCUT2D eigenvalue weighted by molar-refractivity contribution is 0.102. The molecule has 0 radical (unpaired) electrons. The van der Waals surface area contributed by atoms with Gasteiger partial charge in [0.25, 0.3) is 5.91 Å². The number of amides is 1. The molecule has 7 nitrogen and oxygen atoms in total. The summed E-state index contributed by atoms with van der Waals surface area (Å²) in [6.45, 7) is 4.40. The van der Waals surface area contributed by atoms with Gasteiger partial charge in [-0.25, -0.2) is 4.98 Å². The summed E-state index contributed by atoms with van der Waals surface area (Å²) in [7, 11) is 0. The van der Waals surface area contributed by atoms with Gasteiger partial charge in [0.1, 0.15) is 18.0 Å². The molecule has 1 aromatic carbocycles. The smallest absolute Gasteiger partial charge is 0.257 e. The maximum Gasteiger partial charge on any atom is 0.257 e. The minimum atomic E-state index is -0.247. The summed E-state index contributed by atoms with van der Waals surface area (Å²) < 4.78 is 8.66. The van der Waals surface area contributed by atoms with Crippen molar-refractivity contribution in [1.82, 2.24) is 19.6 Å². The number of benzene rings is 1. The number of carbonyl (C=O) groups excluding carboxylic acids is 1. The predicted molar refractivity (Wildman–Crippen MR) is 115 cm³/mol. The van der Waals surface area contributed by atoms with Crippen molar-refractivity contribution >= 4 is 39.8 Å². The van der Waals surface area contributed by atoms with Gasteiger partial charge in [-0.2, -0.15) is 0 Å². The third kappa shape index (κ3) is 4.75. The van der Waals surface area contributed by atoms with Gasteiger partial charge in [0.15, 0.2) is 4.34 Å². The summed E-state index contributed by atoms with van der Waals surface area (Å²) in [5, 5.41) is 11.3. The predicted octanol–water partition coefficient (Wildman–Crippen LogP) is 4.44. The maximum atomic E-state index is 12.5. The van der Waals surface area contributed by atoms with Gasteiger partial charge in [-0.1, -0.05) is 42.2 Å². The Labute approximate surface area is 176 Å². The van der Waals surface area contributed by atoms with E-state index >= 15 is 0 Å². The van der Waals surface area contributed by atoms with Gasteiger partial charge in [-0.15, -0.1) is 10.2 Å². The highest BCUT2D eigenvalue weighted by atomic mass is 32.2. The third-order valence-corrected chi connectivity index (χ3v) is 5.88. The standard InChI is InChI=1S/C20H19N5O2S2/c1-3-28-20-24-23-19(29-20)22-18(26)14-5-4-6-16(9-14)27-12-15-11-25-10-13(2)7-8-17(25)21-15/h4-11H,3,12H2,1-2H3,(H,22,23,26). The number of hydrogen-bond donors (Lipinski definition) is 1. The first kappa shape index (κ1) is 19.4. The van der Waals surface area contributed by atoms with Crippen LogP contribution in [-0.4, -0.2) is 31.2 Å². The Morgan fingerprint density at radius 3 is 3.00 bits per heavy atom. The lowest BCUT2D eigenvalue weighted by atomic mass is 10.2. The molecule has 0 bridgehead atoms. The molecule has 4 rings (SSSR count). The molecule has 3 aromatic heterocycles. The molecule has 1 N–H and O–H groups in total. The molecule has 148 valence electrons. The number of carbonyl (C=O) groups is 1. The van der Waals surface area contributed by atoms with Crippen molar-refractivity contribution in [2.24, 2.45) is 0 Å². The van der Waals surface area contributed by atoms with Crippen LogP contribution in [0.3, 0.4) is 0 Å². The van der Waals surface area contributed by atoms with E-state index in [0.29, 0.717) is 23.1 Å². The average Bonchev–Trinajstić information content (AvgIpc) is 3.33. The van der Waals surface area contributed by atoms with E-state index in [1.807, 2.05) is 48.8 Å². The summed E-state index contributed by atoms with van der Waals surface area (Å²) in [6, 6.07) is 11.0. The van der Waals surface area contributed by atoms with Crippen LogP contribution in [0, 0.1) is 6.92 Å². The summed E-state index contributed by atoms with van der Waals surface area (Å²) >= 11 is 2.96. The monoisotopic (exact) mass is 425 g/mol. The SMILES string of the molecule is CCSc1nnc(NC(=O)c2cccc(OCc3cn4cc(C)ccc4n3)c2)s1. The number of imidazole rings is 1. The number of fused-ring (bicyclic) bond motifs is 1. The summed E-state index contributed by atoms with van der Waals surface area (Å²) in [5.74, 6) is 1.27. The lowest BCUT2D eigenvalue weighted by Gasteiger charge is -2.06. The number of ether oxygens (including phenoxy) is 1. The first-order valence-electron chi connectivity index (χ1n) is 9.05. The first-order chi connectivity index (χ1) is 14.1. The van der Waals surface area contributed by atoms with E-state index in [4.69, 9.17) is 4.74 Å². The molecule has 3 heterocycles. The van der Waals surface area contributed by atoms with Gasteiger partial charge in [-0.05, 0) is 42.5 Å². The molecule has 0 fully saturated rings. The van der Waals surface area contributed by atoms with Gasteiger partial charge in [0.2, 0.25) is 5.13 Å². The van der Waals surface area contributed by atoms with Crippen LogP contribution in [0.4, 0.5) is 5.13 Å². The molecule has 0 aliphatic heterocycles. The zero-order valence-electron chi connectivity index (χ0n) is 16.0. The van der Waals surface area contributed by atoms with Crippen molar-refractivity contribution < 1.29 is 9.53 Å². The topological polar surface area (TPSA) is 81.4 Å². The molecule has 0 saturated carbocycles. The van der Waals surface area contributed by atoms with E-state index in [9.17, 15) is 4.79 Å². The van der Waals surface area contributed by atoms with Gasteiger partial charge in [-0.3, -0.25) is 10.1 Å². The van der Waals surface area contributed by atoms with Crippen molar-refractivity contribution in [1.29, 1.82) is 0 Å². The summed E-state index contributed by atoms with van der Waals surface area (Å²) in [4.78, 5) is 17.0. The Hall–Kier alpha value is -2.91. The Bertz CT molecular complexity index is 1150. The molecule has 0 aliphatic carbocycles. The number of nitrogens with one attached hydrogen (secondary N) is 1. The average molecular weight is 426 g/mol. The minimum absolute atomic E-state index is 0.247. The first-order valence-corrected chi connectivity index (χ1v) is 10.9. The van der Waals surface area contributed by atoms with Crippen molar-refractivity contribution in [2.75, 3.05) is 11.1 Å². The van der Waals surface area contributed by atoms with E-state index < -0.39 is 0 Å². The summed E-state index contributed by atoms with van der Waals surface area (Å²) in [5.41, 5.74) is 3.35. The fourth-order valence-corrected chi connectivity index (χ4v) is 4.36. The second kappa shape index (κ2) is 8.62. The quantitative estimate of drug-likeness (QED) is 0.348. The highest BCUT2D eigenvalue weighted by Crippen LogP contribution is 2.25. The van der Waals surface area contributed by atoms with Gasteiger partial charge in [0, 0.05) is 18.0 Å². The number of pyridine rings is 1. The highest BCUT2D eigenvalue weighted by molar-refractivity contribution is 8.01. The number of anilines is 1. The fraction of sp³-hybridized carbons (Fsp3) is 0.200. The van der Waals surface area contributed by atoms with Gasteiger partial charge >= 0.3 is 0 Å². The second-order valence-electron chi connectivity index (χ2n) is 6.28. The van der Waals surface area contributed by atoms with E-state index in [1.165, 1.54) is 11.3 Å². The van der Waals surface area contributed by atoms with Gasteiger partial charge < -0.3 is 9.14 Å². The number of nitrogens with zero attached hydrogens (tertiary/aromatic N) is 4. The van der Waals surface area contributed by atoms with Crippen LogP contribution in [0.2, 0.25) is 0 Å². The highest BCUT2D eigenvalue weighted by Gasteiger charge is 2.11. The van der Waals surface area contributed by atoms with Gasteiger partial charge in [0.05, 0.1) is 5.69 Å². The number of aromatic nitrogens is 4. The van der Waals surface area contributed by atoms with E-state index in [0.717, 1.165) is 27.0 Å². The van der Waals surface area contributed by atoms with Crippen LogP contribution in [-0.2, 0) is 6.61 Å². The van der Waals surface area contributed by atoms with E-state index in [-0.39, 0.29) is 5.91 Å². The van der Waals surface area contributed by atoms with Crippen LogP contribution in [0.25, 0.3) is 5.65 Å². The molecule has 4 aromatic rings. The second-order valence-corrected chi connectivity index (χ2v) is 8.77. The Balaban J connectivity index is 1.41. The van der Waals surface area contributed by atoms with Crippen molar-refractivity contribution in [3.8, 4) is 5.75 Å². The number of thioether (sulfide) groups is 1. The normalized spacial score (nSPS) is 11.0. The molecular weight excluding hydrogens is 406 g/mol. The Kier molecular flexibility index (Phi) is 5.77. The Morgan fingerprint density at radius 1 is 1.24 bits per heavy atom. The van der Waals surface area contributed by atoms with Crippen molar-refractivity contribution in [3.05, 3.63) is 65.6 Å². The number of aryl methyl sites for hydroxylation is 1. The molecule has 29 heavy (non-hydrogen) atoms. The summed E-state index contributed by atoms with van der Waals surface area (Å²) in [6.07, 6.45) is 3.97. The molecular formula is C20H19N5O2S2. The zero-order chi connectivity index (χ0) is 20.2. The third-order valence-electron chi connectivity index (χ3n) is 4.03. The van der Waals surface area contributed by atoms with E-state index in [2.05, 4.69) is 20.5 Å². The molecule has 0 aliphatic rings.